The number of nitrogens with zero attached hydrogens (tertiary/aromatic N) is 3. The number of likely N-dealkylation sites (N-methyl/N-ethyl adjacent to an activating group) is 1. The Kier molecular flexibility index (Phi) is 4.71. The lowest BCUT2D eigenvalue weighted by Gasteiger charge is -2.23. The van der Waals surface area contributed by atoms with Crippen molar-refractivity contribution in [3.63, 3.8) is 0 Å². The zero-order chi connectivity index (χ0) is 13.8. The maximum absolute atomic E-state index is 6.03. The summed E-state index contributed by atoms with van der Waals surface area (Å²) in [5.74, 6) is 0.668. The Morgan fingerprint density at radius 3 is 3.11 bits per heavy atom. The Morgan fingerprint density at radius 1 is 1.58 bits per heavy atom. The van der Waals surface area contributed by atoms with E-state index >= 15 is 0 Å². The summed E-state index contributed by atoms with van der Waals surface area (Å²) in [7, 11) is 4.14. The topological polar surface area (TPSA) is 28.6 Å². The first kappa shape index (κ1) is 14.2. The second-order valence-corrected chi connectivity index (χ2v) is 5.35. The number of aromatic nitrogens is 1. The minimum Gasteiger partial charge on any atom is -0.472 e. The molecular weight excluding hydrogens is 258 g/mol. The quantitative estimate of drug-likeness (QED) is 0.784. The molecule has 1 unspecified atom stereocenters. The van der Waals surface area contributed by atoms with E-state index in [-0.39, 0.29) is 6.10 Å². The summed E-state index contributed by atoms with van der Waals surface area (Å²) >= 11 is 5.48. The Bertz CT molecular complexity index is 452. The number of hydrogen-bond acceptors (Lipinski definition) is 4. The van der Waals surface area contributed by atoms with Crippen molar-refractivity contribution in [2.45, 2.75) is 19.4 Å². The average molecular weight is 279 g/mol. The lowest BCUT2D eigenvalue weighted by molar-refractivity contribution is 0.151. The SMILES string of the molecule is CCN(C)CCC1CN(C)C(=S)c2cccnc2O1. The van der Waals surface area contributed by atoms with E-state index in [9.17, 15) is 0 Å². The van der Waals surface area contributed by atoms with Gasteiger partial charge in [-0.2, -0.15) is 0 Å². The van der Waals surface area contributed by atoms with E-state index in [1.54, 1.807) is 6.20 Å². The van der Waals surface area contributed by atoms with Crippen LogP contribution in [0.5, 0.6) is 5.88 Å². The smallest absolute Gasteiger partial charge is 0.224 e. The summed E-state index contributed by atoms with van der Waals surface area (Å²) in [5.41, 5.74) is 0.923. The molecule has 0 radical (unpaired) electrons. The van der Waals surface area contributed by atoms with E-state index in [0.717, 1.165) is 36.6 Å². The molecule has 1 aliphatic heterocycles. The first-order valence-corrected chi connectivity index (χ1v) is 7.08. The number of hydrogen-bond donors (Lipinski definition) is 0. The molecule has 1 aromatic heterocycles. The highest BCUT2D eigenvalue weighted by Gasteiger charge is 2.24. The van der Waals surface area contributed by atoms with Crippen LogP contribution in [0.25, 0.3) is 0 Å². The van der Waals surface area contributed by atoms with Crippen molar-refractivity contribution in [3.05, 3.63) is 23.9 Å². The zero-order valence-corrected chi connectivity index (χ0v) is 12.6. The third kappa shape index (κ3) is 3.42. The average Bonchev–Trinajstić information content (AvgIpc) is 2.54. The van der Waals surface area contributed by atoms with Crippen molar-refractivity contribution in [1.82, 2.24) is 14.8 Å². The van der Waals surface area contributed by atoms with Crippen molar-refractivity contribution in [2.24, 2.45) is 0 Å². The Morgan fingerprint density at radius 2 is 2.37 bits per heavy atom. The van der Waals surface area contributed by atoms with Crippen LogP contribution in [0.4, 0.5) is 0 Å². The molecule has 19 heavy (non-hydrogen) atoms. The fourth-order valence-electron chi connectivity index (χ4n) is 2.11. The maximum Gasteiger partial charge on any atom is 0.224 e. The largest absolute Gasteiger partial charge is 0.472 e. The molecule has 0 aliphatic carbocycles. The fourth-order valence-corrected chi connectivity index (χ4v) is 2.34. The first-order valence-electron chi connectivity index (χ1n) is 6.67. The van der Waals surface area contributed by atoms with Crippen molar-refractivity contribution in [1.29, 1.82) is 0 Å². The molecule has 0 amide bonds. The van der Waals surface area contributed by atoms with E-state index in [0.29, 0.717) is 5.88 Å². The Hall–Kier alpha value is -1.20. The molecule has 2 rings (SSSR count). The molecule has 104 valence electrons. The van der Waals surface area contributed by atoms with Crippen molar-refractivity contribution in [2.75, 3.05) is 33.7 Å². The van der Waals surface area contributed by atoms with E-state index in [1.165, 1.54) is 0 Å². The van der Waals surface area contributed by atoms with Gasteiger partial charge < -0.3 is 14.5 Å². The first-order chi connectivity index (χ1) is 9.11. The Balaban J connectivity index is 2.11. The standard InChI is InChI=1S/C14H21N3OS/c1-4-16(2)9-7-11-10-17(3)14(19)12-6-5-8-15-13(12)18-11/h5-6,8,11H,4,7,9-10H2,1-3H3. The van der Waals surface area contributed by atoms with Gasteiger partial charge in [0.2, 0.25) is 5.88 Å². The van der Waals surface area contributed by atoms with Crippen molar-refractivity contribution >= 4 is 17.2 Å². The monoisotopic (exact) mass is 279 g/mol. The lowest BCUT2D eigenvalue weighted by Crippen LogP contribution is -2.35. The number of ether oxygens (including phenoxy) is 1. The molecule has 0 spiro atoms. The molecular formula is C14H21N3OS. The van der Waals surface area contributed by atoms with Crippen LogP contribution >= 0.6 is 12.2 Å². The van der Waals surface area contributed by atoms with Gasteiger partial charge in [-0.15, -0.1) is 0 Å². The van der Waals surface area contributed by atoms with Crippen LogP contribution in [0.3, 0.4) is 0 Å². The van der Waals surface area contributed by atoms with Gasteiger partial charge in [-0.25, -0.2) is 4.98 Å². The third-order valence-corrected chi connectivity index (χ3v) is 4.01. The van der Waals surface area contributed by atoms with Gasteiger partial charge >= 0.3 is 0 Å². The van der Waals surface area contributed by atoms with Crippen LogP contribution in [-0.4, -0.2) is 59.6 Å². The molecule has 2 heterocycles. The number of pyridine rings is 1. The summed E-state index contributed by atoms with van der Waals surface area (Å²) in [4.78, 5) is 9.49. The summed E-state index contributed by atoms with van der Waals surface area (Å²) in [5, 5.41) is 0. The molecule has 0 fully saturated rings. The second kappa shape index (κ2) is 6.30. The predicted octanol–water partition coefficient (Wildman–Crippen LogP) is 1.79. The normalized spacial score (nSPS) is 19.1. The maximum atomic E-state index is 6.03. The van der Waals surface area contributed by atoms with E-state index in [1.807, 2.05) is 19.2 Å². The summed E-state index contributed by atoms with van der Waals surface area (Å²) in [6, 6.07) is 3.87. The highest BCUT2D eigenvalue weighted by Crippen LogP contribution is 2.23. The molecule has 4 nitrogen and oxygen atoms in total. The molecule has 0 aromatic carbocycles. The molecule has 0 saturated heterocycles. The molecule has 1 aliphatic rings. The lowest BCUT2D eigenvalue weighted by atomic mass is 10.2. The van der Waals surface area contributed by atoms with Gasteiger partial charge in [0.05, 0.1) is 12.1 Å². The molecule has 5 heteroatoms. The summed E-state index contributed by atoms with van der Waals surface area (Å²) in [6.07, 6.45) is 2.86. The van der Waals surface area contributed by atoms with E-state index in [2.05, 4.69) is 28.8 Å². The Labute approximate surface area is 120 Å². The molecule has 1 atom stereocenters. The number of thiocarbonyl (C=S) groups is 1. The minimum absolute atomic E-state index is 0.132. The van der Waals surface area contributed by atoms with Gasteiger partial charge in [0, 0.05) is 19.8 Å². The van der Waals surface area contributed by atoms with Crippen LogP contribution < -0.4 is 4.74 Å². The van der Waals surface area contributed by atoms with E-state index < -0.39 is 0 Å². The van der Waals surface area contributed by atoms with Gasteiger partial charge in [-0.1, -0.05) is 19.1 Å². The van der Waals surface area contributed by atoms with Crippen molar-refractivity contribution in [3.8, 4) is 5.88 Å². The van der Waals surface area contributed by atoms with Gasteiger partial charge in [0.15, 0.2) is 0 Å². The zero-order valence-electron chi connectivity index (χ0n) is 11.8. The van der Waals surface area contributed by atoms with Gasteiger partial charge in [0.1, 0.15) is 11.1 Å². The number of rotatable bonds is 4. The van der Waals surface area contributed by atoms with Gasteiger partial charge in [-0.3, -0.25) is 0 Å². The van der Waals surface area contributed by atoms with Gasteiger partial charge in [0.25, 0.3) is 0 Å². The highest BCUT2D eigenvalue weighted by molar-refractivity contribution is 7.80. The van der Waals surface area contributed by atoms with E-state index in [4.69, 9.17) is 17.0 Å². The van der Waals surface area contributed by atoms with Crippen LogP contribution in [0.2, 0.25) is 0 Å². The van der Waals surface area contributed by atoms with Gasteiger partial charge in [-0.05, 0) is 32.1 Å². The minimum atomic E-state index is 0.132. The molecule has 0 N–H and O–H groups in total. The second-order valence-electron chi connectivity index (χ2n) is 4.97. The van der Waals surface area contributed by atoms with Crippen LogP contribution in [-0.2, 0) is 0 Å². The van der Waals surface area contributed by atoms with Crippen LogP contribution in [0, 0.1) is 0 Å². The molecule has 0 bridgehead atoms. The number of fused-ring (bicyclic) bond motifs is 1. The van der Waals surface area contributed by atoms with Crippen LogP contribution in [0.1, 0.15) is 18.9 Å². The molecule has 1 aromatic rings. The van der Waals surface area contributed by atoms with Crippen molar-refractivity contribution < 1.29 is 4.74 Å². The van der Waals surface area contributed by atoms with Crippen LogP contribution in [0.15, 0.2) is 18.3 Å². The predicted molar refractivity (Wildman–Crippen MR) is 80.8 cm³/mol. The fraction of sp³-hybridized carbons (Fsp3) is 0.571. The molecule has 0 saturated carbocycles. The summed E-state index contributed by atoms with van der Waals surface area (Å²) in [6.45, 7) is 5.04. The summed E-state index contributed by atoms with van der Waals surface area (Å²) < 4.78 is 6.03. The highest BCUT2D eigenvalue weighted by atomic mass is 32.1. The third-order valence-electron chi connectivity index (χ3n) is 3.48.